The fourth-order valence-corrected chi connectivity index (χ4v) is 5.78. The van der Waals surface area contributed by atoms with Crippen molar-refractivity contribution in [2.75, 3.05) is 6.61 Å². The molecule has 0 aromatic heterocycles. The standard InChI is InChI=1S/C21H18N4O/c1-2-13-7-16-18-15(13)3-4-17(18)26-8-14-5-6-20(9-22,10-23)21(11-24,12-25)19(14)16/h2-5,13,15-19H,1,6-8H2/t13-,15-,16+,17+,18-,19+/m0/s1. The van der Waals surface area contributed by atoms with Crippen LogP contribution in [0.5, 0.6) is 0 Å². The van der Waals surface area contributed by atoms with Crippen molar-refractivity contribution < 1.29 is 4.74 Å². The van der Waals surface area contributed by atoms with E-state index in [0.29, 0.717) is 6.61 Å². The predicted molar refractivity (Wildman–Crippen MR) is 91.2 cm³/mol. The number of nitriles is 4. The van der Waals surface area contributed by atoms with Gasteiger partial charge in [-0.25, -0.2) is 0 Å². The van der Waals surface area contributed by atoms with Gasteiger partial charge >= 0.3 is 0 Å². The molecule has 1 saturated carbocycles. The van der Waals surface area contributed by atoms with Gasteiger partial charge in [0.1, 0.15) is 0 Å². The van der Waals surface area contributed by atoms with Gasteiger partial charge in [0, 0.05) is 12.3 Å². The van der Waals surface area contributed by atoms with Crippen LogP contribution >= 0.6 is 0 Å². The molecular formula is C21H18N4O. The lowest BCUT2D eigenvalue weighted by molar-refractivity contribution is 0.0552. The molecule has 128 valence electrons. The van der Waals surface area contributed by atoms with Crippen LogP contribution in [0, 0.1) is 85.7 Å². The van der Waals surface area contributed by atoms with Gasteiger partial charge in [0.15, 0.2) is 10.8 Å². The molecule has 1 aliphatic heterocycles. The summed E-state index contributed by atoms with van der Waals surface area (Å²) in [5.74, 6) is 0.232. The minimum atomic E-state index is -1.69. The van der Waals surface area contributed by atoms with Crippen LogP contribution in [0.25, 0.3) is 0 Å². The van der Waals surface area contributed by atoms with Crippen molar-refractivity contribution in [3.05, 3.63) is 36.5 Å². The van der Waals surface area contributed by atoms with Crippen molar-refractivity contribution in [2.24, 2.45) is 40.4 Å². The van der Waals surface area contributed by atoms with Crippen molar-refractivity contribution in [3.8, 4) is 24.3 Å². The predicted octanol–water partition coefficient (Wildman–Crippen LogP) is 3.02. The van der Waals surface area contributed by atoms with E-state index in [0.717, 1.165) is 12.0 Å². The molecule has 0 radical (unpaired) electrons. The summed E-state index contributed by atoms with van der Waals surface area (Å²) in [6, 6.07) is 8.33. The Morgan fingerprint density at radius 1 is 1.12 bits per heavy atom. The van der Waals surface area contributed by atoms with E-state index in [1.54, 1.807) is 0 Å². The molecule has 4 aliphatic rings. The smallest absolute Gasteiger partial charge is 0.182 e. The molecule has 0 N–H and O–H groups in total. The maximum absolute atomic E-state index is 10.1. The third-order valence-electron chi connectivity index (χ3n) is 7.00. The first-order valence-electron chi connectivity index (χ1n) is 8.87. The summed E-state index contributed by atoms with van der Waals surface area (Å²) in [7, 11) is 0. The van der Waals surface area contributed by atoms with Gasteiger partial charge in [-0.3, -0.25) is 0 Å². The van der Waals surface area contributed by atoms with E-state index >= 15 is 0 Å². The molecule has 2 fully saturated rings. The van der Waals surface area contributed by atoms with Gasteiger partial charge in [0.2, 0.25) is 0 Å². The second-order valence-electron chi connectivity index (χ2n) is 7.74. The van der Waals surface area contributed by atoms with Crippen LogP contribution in [0.3, 0.4) is 0 Å². The highest BCUT2D eigenvalue weighted by Crippen LogP contribution is 2.63. The first-order chi connectivity index (χ1) is 12.6. The Labute approximate surface area is 153 Å². The highest BCUT2D eigenvalue weighted by Gasteiger charge is 2.66. The van der Waals surface area contributed by atoms with Gasteiger partial charge in [-0.15, -0.1) is 6.58 Å². The van der Waals surface area contributed by atoms with Crippen molar-refractivity contribution in [1.29, 1.82) is 21.0 Å². The molecule has 0 amide bonds. The van der Waals surface area contributed by atoms with Crippen LogP contribution in [-0.4, -0.2) is 12.7 Å². The van der Waals surface area contributed by atoms with Gasteiger partial charge in [-0.2, -0.15) is 21.0 Å². The second-order valence-corrected chi connectivity index (χ2v) is 7.74. The van der Waals surface area contributed by atoms with Crippen LogP contribution in [0.4, 0.5) is 0 Å². The Hall–Kier alpha value is -2.86. The highest BCUT2D eigenvalue weighted by atomic mass is 16.5. The number of fused-ring (bicyclic) bond motifs is 2. The SMILES string of the molecule is C=C[C@H]1C[C@@H]2[C@@H]3[C@H]1C=C[C@H]3OCC1=CCC(C#N)(C#N)C(C#N)(C#N)[C@H]12. The van der Waals surface area contributed by atoms with E-state index in [2.05, 4.69) is 30.9 Å². The lowest BCUT2D eigenvalue weighted by Gasteiger charge is -2.44. The Morgan fingerprint density at radius 3 is 2.46 bits per heavy atom. The summed E-state index contributed by atoms with van der Waals surface area (Å²) < 4.78 is 6.11. The number of allylic oxidation sites excluding steroid dienone is 3. The second kappa shape index (κ2) is 5.57. The molecule has 0 aromatic carbocycles. The van der Waals surface area contributed by atoms with Crippen LogP contribution in [-0.2, 0) is 4.74 Å². The van der Waals surface area contributed by atoms with Gasteiger partial charge in [-0.05, 0) is 35.7 Å². The van der Waals surface area contributed by atoms with E-state index in [1.807, 2.05) is 24.3 Å². The topological polar surface area (TPSA) is 104 Å². The first kappa shape index (κ1) is 16.6. The van der Waals surface area contributed by atoms with Crippen molar-refractivity contribution in [2.45, 2.75) is 18.9 Å². The third kappa shape index (κ3) is 1.74. The van der Waals surface area contributed by atoms with E-state index in [1.165, 1.54) is 0 Å². The molecule has 0 bridgehead atoms. The first-order valence-corrected chi connectivity index (χ1v) is 8.87. The van der Waals surface area contributed by atoms with E-state index in [-0.39, 0.29) is 36.2 Å². The van der Waals surface area contributed by atoms with Crippen molar-refractivity contribution in [1.82, 2.24) is 0 Å². The number of hydrogen-bond donors (Lipinski definition) is 0. The number of rotatable bonds is 1. The van der Waals surface area contributed by atoms with Crippen LogP contribution in [0.15, 0.2) is 36.5 Å². The number of ether oxygens (including phenoxy) is 1. The Bertz CT molecular complexity index is 859. The fourth-order valence-electron chi connectivity index (χ4n) is 5.78. The maximum Gasteiger partial charge on any atom is 0.182 e. The molecule has 5 heteroatoms. The van der Waals surface area contributed by atoms with Crippen LogP contribution in [0.2, 0.25) is 0 Å². The molecule has 1 saturated heterocycles. The van der Waals surface area contributed by atoms with E-state index < -0.39 is 16.7 Å². The van der Waals surface area contributed by atoms with E-state index in [4.69, 9.17) is 4.74 Å². The Balaban J connectivity index is 1.92. The molecule has 0 unspecified atom stereocenters. The quantitative estimate of drug-likeness (QED) is 0.681. The van der Waals surface area contributed by atoms with Crippen molar-refractivity contribution >= 4 is 0 Å². The summed E-state index contributed by atoms with van der Waals surface area (Å²) in [6.07, 6.45) is 8.90. The molecule has 6 atom stereocenters. The van der Waals surface area contributed by atoms with E-state index in [9.17, 15) is 21.0 Å². The lowest BCUT2D eigenvalue weighted by Crippen LogP contribution is -2.50. The minimum absolute atomic E-state index is 0.0115. The largest absolute Gasteiger partial charge is 0.369 e. The normalized spacial score (nSPS) is 40.4. The zero-order valence-electron chi connectivity index (χ0n) is 14.3. The summed E-state index contributed by atoms with van der Waals surface area (Å²) >= 11 is 0. The minimum Gasteiger partial charge on any atom is -0.369 e. The van der Waals surface area contributed by atoms with Gasteiger partial charge < -0.3 is 4.74 Å². The average Bonchev–Trinajstić information content (AvgIpc) is 3.21. The average molecular weight is 342 g/mol. The van der Waals surface area contributed by atoms with Gasteiger partial charge in [0.05, 0.1) is 37.0 Å². The van der Waals surface area contributed by atoms with Gasteiger partial charge in [0.25, 0.3) is 0 Å². The molecular weight excluding hydrogens is 324 g/mol. The summed E-state index contributed by atoms with van der Waals surface area (Å²) in [5.41, 5.74) is -2.45. The maximum atomic E-state index is 10.1. The van der Waals surface area contributed by atoms with Crippen LogP contribution < -0.4 is 0 Å². The van der Waals surface area contributed by atoms with Gasteiger partial charge in [-0.1, -0.05) is 24.3 Å². The lowest BCUT2D eigenvalue weighted by atomic mass is 9.50. The summed E-state index contributed by atoms with van der Waals surface area (Å²) in [6.45, 7) is 4.30. The van der Waals surface area contributed by atoms with Crippen molar-refractivity contribution in [3.63, 3.8) is 0 Å². The molecule has 0 spiro atoms. The third-order valence-corrected chi connectivity index (χ3v) is 7.00. The molecule has 1 heterocycles. The van der Waals surface area contributed by atoms with Crippen LogP contribution in [0.1, 0.15) is 12.8 Å². The fraction of sp³-hybridized carbons (Fsp3) is 0.524. The monoisotopic (exact) mass is 342 g/mol. The Kier molecular flexibility index (Phi) is 3.56. The zero-order chi connectivity index (χ0) is 18.5. The molecule has 3 aliphatic carbocycles. The molecule has 26 heavy (non-hydrogen) atoms. The molecule has 0 aromatic rings. The molecule has 4 rings (SSSR count). The number of nitrogens with zero attached hydrogens (tertiary/aromatic N) is 4. The number of hydrogen-bond acceptors (Lipinski definition) is 5. The highest BCUT2D eigenvalue weighted by molar-refractivity contribution is 5.44. The Morgan fingerprint density at radius 2 is 1.85 bits per heavy atom. The molecule has 5 nitrogen and oxygen atoms in total. The zero-order valence-corrected chi connectivity index (χ0v) is 14.3. The summed E-state index contributed by atoms with van der Waals surface area (Å²) in [5, 5.41) is 39.7. The summed E-state index contributed by atoms with van der Waals surface area (Å²) in [4.78, 5) is 0.